The topological polar surface area (TPSA) is 34.1 Å². The van der Waals surface area contributed by atoms with E-state index in [0.717, 1.165) is 43.4 Å². The first-order chi connectivity index (χ1) is 14.6. The molecule has 0 aliphatic heterocycles. The molecule has 0 amide bonds. The molecule has 0 aromatic carbocycles. The van der Waals surface area contributed by atoms with Gasteiger partial charge in [-0.05, 0) is 99.7 Å². The summed E-state index contributed by atoms with van der Waals surface area (Å²) in [6, 6.07) is 0. The van der Waals surface area contributed by atoms with Crippen LogP contribution in [-0.4, -0.2) is 11.6 Å². The molecule has 0 radical (unpaired) electrons. The van der Waals surface area contributed by atoms with Gasteiger partial charge >= 0.3 is 0 Å². The molecule has 4 fully saturated rings. The van der Waals surface area contributed by atoms with E-state index in [1.54, 1.807) is 5.57 Å². The Bertz CT molecular complexity index is 854. The molecule has 31 heavy (non-hydrogen) atoms. The largest absolute Gasteiger partial charge is 0.299 e. The van der Waals surface area contributed by atoms with Gasteiger partial charge < -0.3 is 0 Å². The van der Waals surface area contributed by atoms with Crippen LogP contribution in [-0.2, 0) is 9.59 Å². The average molecular weight is 423 g/mol. The van der Waals surface area contributed by atoms with E-state index < -0.39 is 0 Å². The second-order valence-corrected chi connectivity index (χ2v) is 12.6. The molecule has 0 N–H and O–H groups in total. The molecule has 0 saturated heterocycles. The standard InChI is InChI=1S/C29H42O2/c1-18(2)6-10-24(30)19(3)21-8-9-22-20-7-11-25-28(5,23(20)12-14-27(21,22)4)15-13-26(31)29(25)16-17-29/h6,11,19-23H,7-10,12-17H2,1-5H3/t19-,20-,21+,22-,23-,27+,28+/m0/s1. The molecule has 0 heterocycles. The Morgan fingerprint density at radius 3 is 2.52 bits per heavy atom. The highest BCUT2D eigenvalue weighted by molar-refractivity contribution is 5.92. The Labute approximate surface area is 189 Å². The summed E-state index contributed by atoms with van der Waals surface area (Å²) in [5, 5.41) is 0. The number of Topliss-reactive ketones (excluding diaryl/α,β-unsaturated/α-hetero) is 2. The van der Waals surface area contributed by atoms with Crippen LogP contribution >= 0.6 is 0 Å². The highest BCUT2D eigenvalue weighted by atomic mass is 16.1. The van der Waals surface area contributed by atoms with Gasteiger partial charge in [0, 0.05) is 18.8 Å². The lowest BCUT2D eigenvalue weighted by molar-refractivity contribution is -0.129. The van der Waals surface area contributed by atoms with Crippen LogP contribution in [0.25, 0.3) is 0 Å². The Kier molecular flexibility index (Phi) is 5.00. The van der Waals surface area contributed by atoms with Crippen molar-refractivity contribution < 1.29 is 9.59 Å². The fraction of sp³-hybridized carbons (Fsp3) is 0.793. The maximum Gasteiger partial charge on any atom is 0.143 e. The van der Waals surface area contributed by atoms with Gasteiger partial charge in [-0.2, -0.15) is 0 Å². The van der Waals surface area contributed by atoms with Crippen LogP contribution in [0.4, 0.5) is 0 Å². The van der Waals surface area contributed by atoms with Crippen molar-refractivity contribution in [3.05, 3.63) is 23.3 Å². The average Bonchev–Trinajstić information content (AvgIpc) is 3.44. The van der Waals surface area contributed by atoms with Gasteiger partial charge in [0.1, 0.15) is 11.6 Å². The summed E-state index contributed by atoms with van der Waals surface area (Å²) in [5.41, 5.74) is 3.32. The molecular formula is C29H42O2. The van der Waals surface area contributed by atoms with Gasteiger partial charge in [-0.1, -0.05) is 44.1 Å². The molecule has 5 aliphatic carbocycles. The first kappa shape index (κ1) is 21.7. The lowest BCUT2D eigenvalue weighted by atomic mass is 9.45. The van der Waals surface area contributed by atoms with E-state index in [2.05, 4.69) is 46.8 Å². The smallest absolute Gasteiger partial charge is 0.143 e. The minimum absolute atomic E-state index is 0.0389. The summed E-state index contributed by atoms with van der Waals surface area (Å²) in [5.74, 6) is 3.94. The second-order valence-electron chi connectivity index (χ2n) is 12.6. The number of rotatable bonds is 4. The van der Waals surface area contributed by atoms with Gasteiger partial charge in [-0.15, -0.1) is 0 Å². The van der Waals surface area contributed by atoms with Gasteiger partial charge in [0.15, 0.2) is 0 Å². The third kappa shape index (κ3) is 3.02. The highest BCUT2D eigenvalue weighted by Gasteiger charge is 2.65. The number of hydrogen-bond donors (Lipinski definition) is 0. The van der Waals surface area contributed by atoms with Crippen LogP contribution in [0.5, 0.6) is 0 Å². The van der Waals surface area contributed by atoms with Crippen molar-refractivity contribution in [2.24, 2.45) is 45.8 Å². The zero-order valence-corrected chi connectivity index (χ0v) is 20.4. The van der Waals surface area contributed by atoms with Crippen LogP contribution in [0.3, 0.4) is 0 Å². The van der Waals surface area contributed by atoms with Gasteiger partial charge in [-0.3, -0.25) is 9.59 Å². The van der Waals surface area contributed by atoms with E-state index >= 15 is 0 Å². The fourth-order valence-electron chi connectivity index (χ4n) is 9.17. The summed E-state index contributed by atoms with van der Waals surface area (Å²) in [6.07, 6.45) is 15.6. The van der Waals surface area contributed by atoms with Crippen molar-refractivity contribution in [3.63, 3.8) is 0 Å². The fourth-order valence-corrected chi connectivity index (χ4v) is 9.17. The number of hydrogen-bond acceptors (Lipinski definition) is 2. The van der Waals surface area contributed by atoms with Crippen molar-refractivity contribution in [2.75, 3.05) is 0 Å². The predicted molar refractivity (Wildman–Crippen MR) is 125 cm³/mol. The van der Waals surface area contributed by atoms with E-state index in [1.165, 1.54) is 37.7 Å². The molecule has 4 saturated carbocycles. The van der Waals surface area contributed by atoms with Gasteiger partial charge in [0.05, 0.1) is 5.41 Å². The molecular weight excluding hydrogens is 380 g/mol. The molecule has 0 bridgehead atoms. The number of fused-ring (bicyclic) bond motifs is 6. The number of carbonyl (C=O) groups is 2. The minimum Gasteiger partial charge on any atom is -0.299 e. The summed E-state index contributed by atoms with van der Waals surface area (Å²) >= 11 is 0. The zero-order chi connectivity index (χ0) is 22.2. The molecule has 2 nitrogen and oxygen atoms in total. The zero-order valence-electron chi connectivity index (χ0n) is 20.4. The highest BCUT2D eigenvalue weighted by Crippen LogP contribution is 2.72. The van der Waals surface area contributed by atoms with Crippen molar-refractivity contribution in [1.82, 2.24) is 0 Å². The second kappa shape index (κ2) is 7.16. The lowest BCUT2D eigenvalue weighted by Gasteiger charge is -2.59. The van der Waals surface area contributed by atoms with E-state index in [0.29, 0.717) is 29.3 Å². The minimum atomic E-state index is -0.0389. The van der Waals surface area contributed by atoms with Gasteiger partial charge in [0.25, 0.3) is 0 Å². The molecule has 5 aliphatic rings. The maximum absolute atomic E-state index is 13.0. The lowest BCUT2D eigenvalue weighted by Crippen LogP contribution is -2.52. The first-order valence-corrected chi connectivity index (χ1v) is 13.0. The molecule has 5 rings (SSSR count). The van der Waals surface area contributed by atoms with Crippen molar-refractivity contribution >= 4 is 11.6 Å². The third-order valence-electron chi connectivity index (χ3n) is 11.0. The Morgan fingerprint density at radius 1 is 1.10 bits per heavy atom. The van der Waals surface area contributed by atoms with Gasteiger partial charge in [-0.25, -0.2) is 0 Å². The van der Waals surface area contributed by atoms with E-state index in [9.17, 15) is 9.59 Å². The Hall–Kier alpha value is -1.18. The molecule has 170 valence electrons. The third-order valence-corrected chi connectivity index (χ3v) is 11.0. The summed E-state index contributed by atoms with van der Waals surface area (Å²) < 4.78 is 0. The Morgan fingerprint density at radius 2 is 1.84 bits per heavy atom. The van der Waals surface area contributed by atoms with E-state index in [4.69, 9.17) is 0 Å². The monoisotopic (exact) mass is 422 g/mol. The van der Waals surface area contributed by atoms with Crippen molar-refractivity contribution in [3.8, 4) is 0 Å². The molecule has 7 atom stereocenters. The quantitative estimate of drug-likeness (QED) is 0.453. The summed E-state index contributed by atoms with van der Waals surface area (Å²) in [4.78, 5) is 25.8. The van der Waals surface area contributed by atoms with E-state index in [-0.39, 0.29) is 16.7 Å². The number of carbonyl (C=O) groups excluding carboxylic acids is 2. The maximum atomic E-state index is 13.0. The molecule has 2 heteroatoms. The predicted octanol–water partition coefficient (Wildman–Crippen LogP) is 7.09. The molecule has 0 unspecified atom stereocenters. The van der Waals surface area contributed by atoms with Crippen molar-refractivity contribution in [2.45, 2.75) is 98.8 Å². The summed E-state index contributed by atoms with van der Waals surface area (Å²) in [7, 11) is 0. The molecule has 0 aromatic heterocycles. The van der Waals surface area contributed by atoms with Crippen LogP contribution in [0.1, 0.15) is 98.8 Å². The van der Waals surface area contributed by atoms with Crippen LogP contribution in [0.2, 0.25) is 0 Å². The van der Waals surface area contributed by atoms with Crippen molar-refractivity contribution in [1.29, 1.82) is 0 Å². The van der Waals surface area contributed by atoms with E-state index in [1.807, 2.05) is 0 Å². The number of allylic oxidation sites excluding steroid dienone is 4. The van der Waals surface area contributed by atoms with Crippen LogP contribution in [0.15, 0.2) is 23.3 Å². The van der Waals surface area contributed by atoms with Gasteiger partial charge in [0.2, 0.25) is 0 Å². The number of ketones is 2. The van der Waals surface area contributed by atoms with Crippen LogP contribution in [0, 0.1) is 45.8 Å². The Balaban J connectivity index is 1.40. The normalized spacial score (nSPS) is 43.4. The first-order valence-electron chi connectivity index (χ1n) is 13.0. The summed E-state index contributed by atoms with van der Waals surface area (Å²) in [6.45, 7) is 11.4. The molecule has 0 aromatic rings. The molecule has 1 spiro atoms. The van der Waals surface area contributed by atoms with Crippen LogP contribution < -0.4 is 0 Å². The SMILES string of the molecule is CC(C)=CCC(=O)[C@@H](C)[C@H]1CC[C@H]2[C@@H]3CC=C4C5(CC5)C(=O)CC[C@]4(C)[C@H]3CC[C@]12C.